The van der Waals surface area contributed by atoms with Crippen LogP contribution in [0, 0.1) is 6.92 Å². The van der Waals surface area contributed by atoms with Gasteiger partial charge in [0.05, 0.1) is 6.61 Å². The molecule has 6 nitrogen and oxygen atoms in total. The number of nitrogens with zero attached hydrogens (tertiary/aromatic N) is 3. The van der Waals surface area contributed by atoms with Gasteiger partial charge in [0.25, 0.3) is 0 Å². The third kappa shape index (κ3) is 3.19. The van der Waals surface area contributed by atoms with Crippen molar-refractivity contribution in [3.05, 3.63) is 30.0 Å². The van der Waals surface area contributed by atoms with Crippen molar-refractivity contribution >= 4 is 5.82 Å². The van der Waals surface area contributed by atoms with Crippen LogP contribution < -0.4 is 10.1 Å². The lowest BCUT2D eigenvalue weighted by atomic mass is 10.3. The SMILES string of the molecule is CCOc1cccnc1NCCc1noc(C)n1. The van der Waals surface area contributed by atoms with E-state index in [2.05, 4.69) is 20.4 Å². The van der Waals surface area contributed by atoms with E-state index in [4.69, 9.17) is 9.26 Å². The van der Waals surface area contributed by atoms with Crippen molar-refractivity contribution in [1.82, 2.24) is 15.1 Å². The maximum absolute atomic E-state index is 5.47. The van der Waals surface area contributed by atoms with Crippen LogP contribution in [0.15, 0.2) is 22.9 Å². The Labute approximate surface area is 105 Å². The Bertz CT molecular complexity index is 498. The molecule has 0 amide bonds. The van der Waals surface area contributed by atoms with Crippen LogP contribution in [-0.4, -0.2) is 28.3 Å². The largest absolute Gasteiger partial charge is 0.490 e. The molecule has 2 heterocycles. The molecule has 6 heteroatoms. The molecule has 0 saturated carbocycles. The second kappa shape index (κ2) is 6.00. The van der Waals surface area contributed by atoms with Gasteiger partial charge < -0.3 is 14.6 Å². The molecule has 1 N–H and O–H groups in total. The van der Waals surface area contributed by atoms with Gasteiger partial charge in [-0.1, -0.05) is 5.16 Å². The zero-order valence-corrected chi connectivity index (χ0v) is 10.5. The van der Waals surface area contributed by atoms with Crippen LogP contribution >= 0.6 is 0 Å². The van der Waals surface area contributed by atoms with Crippen molar-refractivity contribution in [2.24, 2.45) is 0 Å². The lowest BCUT2D eigenvalue weighted by Gasteiger charge is -2.09. The number of ether oxygens (including phenoxy) is 1. The van der Waals surface area contributed by atoms with Crippen LogP contribution in [0.5, 0.6) is 5.75 Å². The van der Waals surface area contributed by atoms with Crippen molar-refractivity contribution in [2.45, 2.75) is 20.3 Å². The second-order valence-electron chi connectivity index (χ2n) is 3.69. The molecule has 0 bridgehead atoms. The first-order valence-corrected chi connectivity index (χ1v) is 5.90. The molecule has 2 rings (SSSR count). The molecule has 0 aliphatic heterocycles. The van der Waals surface area contributed by atoms with Gasteiger partial charge in [-0.2, -0.15) is 4.98 Å². The molecule has 0 atom stereocenters. The van der Waals surface area contributed by atoms with Gasteiger partial charge in [-0.15, -0.1) is 0 Å². The molecule has 2 aromatic heterocycles. The lowest BCUT2D eigenvalue weighted by Crippen LogP contribution is -2.09. The topological polar surface area (TPSA) is 73.1 Å². The van der Waals surface area contributed by atoms with Gasteiger partial charge in [-0.05, 0) is 19.1 Å². The Morgan fingerprint density at radius 3 is 3.06 bits per heavy atom. The van der Waals surface area contributed by atoms with Crippen molar-refractivity contribution in [3.63, 3.8) is 0 Å². The first-order valence-electron chi connectivity index (χ1n) is 5.90. The number of rotatable bonds is 6. The van der Waals surface area contributed by atoms with Crippen molar-refractivity contribution in [3.8, 4) is 5.75 Å². The minimum Gasteiger partial charge on any atom is -0.490 e. The predicted molar refractivity (Wildman–Crippen MR) is 66.6 cm³/mol. The third-order valence-corrected chi connectivity index (χ3v) is 2.28. The van der Waals surface area contributed by atoms with E-state index in [0.29, 0.717) is 31.3 Å². The van der Waals surface area contributed by atoms with E-state index in [1.165, 1.54) is 0 Å². The van der Waals surface area contributed by atoms with E-state index in [-0.39, 0.29) is 0 Å². The normalized spacial score (nSPS) is 10.3. The number of anilines is 1. The number of nitrogens with one attached hydrogen (secondary N) is 1. The number of hydrogen-bond donors (Lipinski definition) is 1. The maximum Gasteiger partial charge on any atom is 0.223 e. The molecule has 2 aromatic rings. The highest BCUT2D eigenvalue weighted by Crippen LogP contribution is 2.20. The molecule has 0 unspecified atom stereocenters. The summed E-state index contributed by atoms with van der Waals surface area (Å²) in [5.74, 6) is 2.76. The van der Waals surface area contributed by atoms with Crippen LogP contribution in [0.3, 0.4) is 0 Å². The van der Waals surface area contributed by atoms with Gasteiger partial charge >= 0.3 is 0 Å². The molecule has 0 spiro atoms. The van der Waals surface area contributed by atoms with Crippen LogP contribution in [-0.2, 0) is 6.42 Å². The van der Waals surface area contributed by atoms with Gasteiger partial charge in [-0.3, -0.25) is 0 Å². The maximum atomic E-state index is 5.47. The van der Waals surface area contributed by atoms with E-state index in [9.17, 15) is 0 Å². The summed E-state index contributed by atoms with van der Waals surface area (Å²) in [4.78, 5) is 8.36. The fourth-order valence-corrected chi connectivity index (χ4v) is 1.53. The molecule has 96 valence electrons. The first-order chi connectivity index (χ1) is 8.79. The standard InChI is InChI=1S/C12H16N4O2/c1-3-17-10-5-4-7-13-12(10)14-8-6-11-15-9(2)18-16-11/h4-5,7H,3,6,8H2,1-2H3,(H,13,14). The summed E-state index contributed by atoms with van der Waals surface area (Å²) in [6.45, 7) is 5.01. The number of aryl methyl sites for hydroxylation is 1. The predicted octanol–water partition coefficient (Wildman–Crippen LogP) is 1.83. The van der Waals surface area contributed by atoms with Gasteiger partial charge in [0.15, 0.2) is 17.4 Å². The summed E-state index contributed by atoms with van der Waals surface area (Å²) in [6, 6.07) is 3.73. The van der Waals surface area contributed by atoms with E-state index in [1.807, 2.05) is 19.1 Å². The molecule has 0 saturated heterocycles. The Morgan fingerprint density at radius 2 is 2.33 bits per heavy atom. The van der Waals surface area contributed by atoms with Crippen molar-refractivity contribution < 1.29 is 9.26 Å². The highest BCUT2D eigenvalue weighted by molar-refractivity contribution is 5.49. The van der Waals surface area contributed by atoms with Crippen LogP contribution in [0.1, 0.15) is 18.6 Å². The van der Waals surface area contributed by atoms with Crippen molar-refractivity contribution in [1.29, 1.82) is 0 Å². The molecule has 0 fully saturated rings. The minimum absolute atomic E-state index is 0.581. The molecule has 0 aliphatic rings. The lowest BCUT2D eigenvalue weighted by molar-refractivity contribution is 0.340. The summed E-state index contributed by atoms with van der Waals surface area (Å²) in [6.07, 6.45) is 2.41. The zero-order chi connectivity index (χ0) is 12.8. The monoisotopic (exact) mass is 248 g/mol. The Kier molecular flexibility index (Phi) is 4.11. The fourth-order valence-electron chi connectivity index (χ4n) is 1.53. The Hall–Kier alpha value is -2.11. The quantitative estimate of drug-likeness (QED) is 0.840. The Balaban J connectivity index is 1.89. The van der Waals surface area contributed by atoms with E-state index in [1.54, 1.807) is 13.1 Å². The summed E-state index contributed by atoms with van der Waals surface area (Å²) >= 11 is 0. The summed E-state index contributed by atoms with van der Waals surface area (Å²) in [7, 11) is 0. The summed E-state index contributed by atoms with van der Waals surface area (Å²) < 4.78 is 10.4. The van der Waals surface area contributed by atoms with E-state index < -0.39 is 0 Å². The van der Waals surface area contributed by atoms with E-state index >= 15 is 0 Å². The molecule has 0 aliphatic carbocycles. The van der Waals surface area contributed by atoms with Crippen molar-refractivity contribution in [2.75, 3.05) is 18.5 Å². The average Bonchev–Trinajstić information content (AvgIpc) is 2.78. The van der Waals surface area contributed by atoms with Crippen LogP contribution in [0.4, 0.5) is 5.82 Å². The average molecular weight is 248 g/mol. The minimum atomic E-state index is 0.581. The Morgan fingerprint density at radius 1 is 1.44 bits per heavy atom. The molecular weight excluding hydrogens is 232 g/mol. The fraction of sp³-hybridized carbons (Fsp3) is 0.417. The summed E-state index contributed by atoms with van der Waals surface area (Å²) in [5, 5.41) is 7.03. The zero-order valence-electron chi connectivity index (χ0n) is 10.5. The van der Waals surface area contributed by atoms with Crippen LogP contribution in [0.2, 0.25) is 0 Å². The molecule has 0 radical (unpaired) electrons. The highest BCUT2D eigenvalue weighted by atomic mass is 16.5. The van der Waals surface area contributed by atoms with E-state index in [0.717, 1.165) is 11.6 Å². The molecular formula is C12H16N4O2. The third-order valence-electron chi connectivity index (χ3n) is 2.28. The molecule has 0 aromatic carbocycles. The van der Waals surface area contributed by atoms with Gasteiger partial charge in [0.1, 0.15) is 0 Å². The number of aromatic nitrogens is 3. The van der Waals surface area contributed by atoms with Crippen LogP contribution in [0.25, 0.3) is 0 Å². The highest BCUT2D eigenvalue weighted by Gasteiger charge is 2.05. The number of pyridine rings is 1. The summed E-state index contributed by atoms with van der Waals surface area (Å²) in [5.41, 5.74) is 0. The number of hydrogen-bond acceptors (Lipinski definition) is 6. The van der Waals surface area contributed by atoms with Gasteiger partial charge in [0, 0.05) is 26.1 Å². The second-order valence-corrected chi connectivity index (χ2v) is 3.69. The van der Waals surface area contributed by atoms with Gasteiger partial charge in [0.2, 0.25) is 5.89 Å². The first kappa shape index (κ1) is 12.3. The smallest absolute Gasteiger partial charge is 0.223 e. The molecule has 18 heavy (non-hydrogen) atoms. The van der Waals surface area contributed by atoms with Gasteiger partial charge in [-0.25, -0.2) is 4.98 Å².